The molecule has 26 heavy (non-hydrogen) atoms. The smallest absolute Gasteiger partial charge is 0.214 e. The van der Waals surface area contributed by atoms with Crippen molar-refractivity contribution in [3.63, 3.8) is 0 Å². The second-order valence-electron chi connectivity index (χ2n) is 5.30. The van der Waals surface area contributed by atoms with Gasteiger partial charge < -0.3 is 14.9 Å². The lowest BCUT2D eigenvalue weighted by atomic mass is 10.2. The molecular formula is C17H18BrN5O2S. The van der Waals surface area contributed by atoms with Crippen molar-refractivity contribution in [2.75, 3.05) is 19.1 Å². The summed E-state index contributed by atoms with van der Waals surface area (Å²) in [7, 11) is 1.62. The Balaban J connectivity index is 1.85. The fraction of sp³-hybridized carbons (Fsp3) is 0.235. The number of H-pyrrole nitrogens is 1. The van der Waals surface area contributed by atoms with Crippen LogP contribution in [-0.4, -0.2) is 33.6 Å². The van der Waals surface area contributed by atoms with Gasteiger partial charge >= 0.3 is 0 Å². The molecule has 0 atom stereocenters. The largest absolute Gasteiger partial charge is 0.493 e. The van der Waals surface area contributed by atoms with Crippen LogP contribution in [0.1, 0.15) is 12.5 Å². The molecule has 0 aliphatic heterocycles. The van der Waals surface area contributed by atoms with Crippen LogP contribution in [0, 0.1) is 4.77 Å². The normalized spacial score (nSPS) is 10.6. The summed E-state index contributed by atoms with van der Waals surface area (Å²) in [6.45, 7) is 3.02. The first-order chi connectivity index (χ1) is 12.6. The third kappa shape index (κ3) is 3.88. The molecule has 9 heteroatoms. The SMILES string of the molecule is CCOc1c(Br)cc(CNn2c(-c3ccncc3)n[nH]c2=S)cc1OC. The molecule has 136 valence electrons. The number of pyridine rings is 1. The summed E-state index contributed by atoms with van der Waals surface area (Å²) in [5.74, 6) is 2.05. The summed E-state index contributed by atoms with van der Waals surface area (Å²) in [5.41, 5.74) is 5.20. The zero-order chi connectivity index (χ0) is 18.5. The van der Waals surface area contributed by atoms with E-state index < -0.39 is 0 Å². The van der Waals surface area contributed by atoms with Gasteiger partial charge in [0, 0.05) is 18.0 Å². The van der Waals surface area contributed by atoms with Crippen LogP contribution in [0.5, 0.6) is 11.5 Å². The van der Waals surface area contributed by atoms with Gasteiger partial charge in [0.05, 0.1) is 24.7 Å². The van der Waals surface area contributed by atoms with Crippen LogP contribution in [-0.2, 0) is 6.54 Å². The minimum absolute atomic E-state index is 0.480. The van der Waals surface area contributed by atoms with Crippen LogP contribution in [0.3, 0.4) is 0 Å². The van der Waals surface area contributed by atoms with Crippen LogP contribution >= 0.6 is 28.1 Å². The van der Waals surface area contributed by atoms with Crippen LogP contribution in [0.15, 0.2) is 41.1 Å². The van der Waals surface area contributed by atoms with E-state index in [1.165, 1.54) is 0 Å². The predicted molar refractivity (Wildman–Crippen MR) is 106 cm³/mol. The zero-order valence-electron chi connectivity index (χ0n) is 14.3. The standard InChI is InChI=1S/C17H18BrN5O2S/c1-3-25-15-13(18)8-11(9-14(15)24-2)10-20-23-16(21-22-17(23)26)12-4-6-19-7-5-12/h4-9,20H,3,10H2,1-2H3,(H,22,26). The Kier molecular flexibility index (Phi) is 5.89. The van der Waals surface area contributed by atoms with E-state index in [1.54, 1.807) is 24.2 Å². The fourth-order valence-electron chi connectivity index (χ4n) is 2.47. The Bertz CT molecular complexity index is 942. The number of methoxy groups -OCH3 is 1. The molecule has 2 heterocycles. The lowest BCUT2D eigenvalue weighted by molar-refractivity contribution is 0.308. The van der Waals surface area contributed by atoms with Gasteiger partial charge in [0.15, 0.2) is 17.3 Å². The van der Waals surface area contributed by atoms with Crippen LogP contribution < -0.4 is 14.9 Å². The van der Waals surface area contributed by atoms with Crippen molar-refractivity contribution in [3.05, 3.63) is 51.5 Å². The molecule has 0 aliphatic rings. The third-order valence-electron chi connectivity index (χ3n) is 3.63. The maximum Gasteiger partial charge on any atom is 0.214 e. The van der Waals surface area contributed by atoms with Gasteiger partial charge in [-0.2, -0.15) is 5.10 Å². The molecule has 1 aromatic carbocycles. The Morgan fingerprint density at radius 1 is 1.31 bits per heavy atom. The molecule has 0 spiro atoms. The Hall–Kier alpha value is -2.39. The first kappa shape index (κ1) is 18.4. The quantitative estimate of drug-likeness (QED) is 0.547. The molecule has 2 aromatic heterocycles. The Morgan fingerprint density at radius 3 is 2.77 bits per heavy atom. The second kappa shape index (κ2) is 8.33. The van der Waals surface area contributed by atoms with Gasteiger partial charge in [-0.25, -0.2) is 9.77 Å². The molecule has 3 rings (SSSR count). The molecule has 0 saturated carbocycles. The topological polar surface area (TPSA) is 77.0 Å². The Labute approximate surface area is 164 Å². The van der Waals surface area contributed by atoms with E-state index in [1.807, 2.05) is 31.2 Å². The molecule has 0 saturated heterocycles. The predicted octanol–water partition coefficient (Wildman–Crippen LogP) is 3.92. The zero-order valence-corrected chi connectivity index (χ0v) is 16.7. The number of hydrogen-bond acceptors (Lipinski definition) is 6. The fourth-order valence-corrected chi connectivity index (χ4v) is 3.27. The van der Waals surface area contributed by atoms with Crippen LogP contribution in [0.25, 0.3) is 11.4 Å². The average molecular weight is 436 g/mol. The number of rotatable bonds is 7. The highest BCUT2D eigenvalue weighted by atomic mass is 79.9. The summed E-state index contributed by atoms with van der Waals surface area (Å²) in [4.78, 5) is 4.03. The molecule has 0 bridgehead atoms. The number of aromatic amines is 1. The third-order valence-corrected chi connectivity index (χ3v) is 4.49. The average Bonchev–Trinajstić information content (AvgIpc) is 3.03. The number of nitrogens with zero attached hydrogens (tertiary/aromatic N) is 3. The van der Waals surface area contributed by atoms with Crippen molar-refractivity contribution in [1.82, 2.24) is 19.9 Å². The number of halogens is 1. The van der Waals surface area contributed by atoms with Crippen LogP contribution in [0.2, 0.25) is 0 Å². The van der Waals surface area contributed by atoms with Crippen LogP contribution in [0.4, 0.5) is 0 Å². The number of ether oxygens (including phenoxy) is 2. The van der Waals surface area contributed by atoms with Crippen molar-refractivity contribution in [2.45, 2.75) is 13.5 Å². The Morgan fingerprint density at radius 2 is 2.08 bits per heavy atom. The minimum atomic E-state index is 0.480. The first-order valence-corrected chi connectivity index (χ1v) is 9.15. The number of benzene rings is 1. The summed E-state index contributed by atoms with van der Waals surface area (Å²) in [6, 6.07) is 7.66. The van der Waals surface area contributed by atoms with E-state index in [0.717, 1.165) is 15.6 Å². The van der Waals surface area contributed by atoms with Crippen molar-refractivity contribution >= 4 is 28.1 Å². The highest BCUT2D eigenvalue weighted by molar-refractivity contribution is 9.10. The molecular weight excluding hydrogens is 418 g/mol. The molecule has 2 N–H and O–H groups in total. The molecule has 0 amide bonds. The first-order valence-electron chi connectivity index (χ1n) is 7.95. The van der Waals surface area contributed by atoms with Crippen molar-refractivity contribution < 1.29 is 9.47 Å². The van der Waals surface area contributed by atoms with E-state index in [0.29, 0.717) is 35.2 Å². The highest BCUT2D eigenvalue weighted by Gasteiger charge is 2.13. The lowest BCUT2D eigenvalue weighted by Gasteiger charge is -2.15. The summed E-state index contributed by atoms with van der Waals surface area (Å²) in [6.07, 6.45) is 3.43. The monoisotopic (exact) mass is 435 g/mol. The molecule has 0 radical (unpaired) electrons. The van der Waals surface area contributed by atoms with Gasteiger partial charge in [-0.15, -0.1) is 0 Å². The van der Waals surface area contributed by atoms with E-state index >= 15 is 0 Å². The summed E-state index contributed by atoms with van der Waals surface area (Å²) < 4.78 is 14.1. The van der Waals surface area contributed by atoms with Gasteiger partial charge in [0.1, 0.15) is 0 Å². The highest BCUT2D eigenvalue weighted by Crippen LogP contribution is 2.36. The maximum atomic E-state index is 5.63. The molecule has 3 aromatic rings. The van der Waals surface area contributed by atoms with Crippen molar-refractivity contribution in [1.29, 1.82) is 0 Å². The summed E-state index contributed by atoms with van der Waals surface area (Å²) >= 11 is 8.87. The van der Waals surface area contributed by atoms with Gasteiger partial charge in [-0.3, -0.25) is 4.98 Å². The molecule has 0 unspecified atom stereocenters. The molecule has 0 fully saturated rings. The van der Waals surface area contributed by atoms with Gasteiger partial charge in [0.2, 0.25) is 4.77 Å². The second-order valence-corrected chi connectivity index (χ2v) is 6.54. The van der Waals surface area contributed by atoms with Gasteiger partial charge in [-0.1, -0.05) is 0 Å². The van der Waals surface area contributed by atoms with E-state index in [9.17, 15) is 0 Å². The number of hydrogen-bond donors (Lipinski definition) is 2. The molecule has 7 nitrogen and oxygen atoms in total. The van der Waals surface area contributed by atoms with Gasteiger partial charge in [0.25, 0.3) is 0 Å². The minimum Gasteiger partial charge on any atom is -0.493 e. The van der Waals surface area contributed by atoms with E-state index in [2.05, 4.69) is 36.5 Å². The van der Waals surface area contributed by atoms with Crippen molar-refractivity contribution in [3.8, 4) is 22.9 Å². The van der Waals surface area contributed by atoms with Gasteiger partial charge in [-0.05, 0) is 64.9 Å². The number of aromatic nitrogens is 4. The maximum absolute atomic E-state index is 5.63. The van der Waals surface area contributed by atoms with Crippen molar-refractivity contribution in [2.24, 2.45) is 0 Å². The molecule has 0 aliphatic carbocycles. The van der Waals surface area contributed by atoms with E-state index in [-0.39, 0.29) is 0 Å². The number of nitrogens with one attached hydrogen (secondary N) is 2. The lowest BCUT2D eigenvalue weighted by Crippen LogP contribution is -2.16. The van der Waals surface area contributed by atoms with E-state index in [4.69, 9.17) is 21.7 Å². The summed E-state index contributed by atoms with van der Waals surface area (Å²) in [5, 5.41) is 7.10.